The third-order valence-corrected chi connectivity index (χ3v) is 1.68. The minimum Gasteiger partial charge on any atom is -0.478 e. The summed E-state index contributed by atoms with van der Waals surface area (Å²) in [6, 6.07) is 0. The molecule has 1 rings (SSSR count). The van der Waals surface area contributed by atoms with E-state index < -0.39 is 5.97 Å². The quantitative estimate of drug-likeness (QED) is 0.624. The minimum atomic E-state index is -0.886. The van der Waals surface area contributed by atoms with Crippen molar-refractivity contribution in [1.82, 2.24) is 0 Å². The van der Waals surface area contributed by atoms with Gasteiger partial charge in [-0.05, 0) is 19.3 Å². The molecule has 3 nitrogen and oxygen atoms in total. The third-order valence-electron chi connectivity index (χ3n) is 1.68. The van der Waals surface area contributed by atoms with Gasteiger partial charge in [-0.2, -0.15) is 0 Å². The Kier molecular flexibility index (Phi) is 3.11. The van der Waals surface area contributed by atoms with Crippen LogP contribution in [0.5, 0.6) is 0 Å². The average Bonchev–Trinajstić information content (AvgIpc) is 2.39. The summed E-state index contributed by atoms with van der Waals surface area (Å²) in [5, 5.41) is 8.26. The normalized spacial score (nSPS) is 24.5. The first kappa shape index (κ1) is 8.27. The molecule has 0 aromatic heterocycles. The van der Waals surface area contributed by atoms with Crippen LogP contribution in [0.4, 0.5) is 0 Å². The van der Waals surface area contributed by atoms with Gasteiger partial charge in [0.15, 0.2) is 0 Å². The fraction of sp³-hybridized carbons (Fsp3) is 0.625. The Morgan fingerprint density at radius 2 is 2.55 bits per heavy atom. The lowest BCUT2D eigenvalue weighted by Gasteiger charge is -2.03. The van der Waals surface area contributed by atoms with Crippen LogP contribution in [0, 0.1) is 0 Å². The highest BCUT2D eigenvalue weighted by Gasteiger charge is 2.12. The Bertz CT molecular complexity index is 157. The van der Waals surface area contributed by atoms with Crippen molar-refractivity contribution in [2.75, 3.05) is 6.61 Å². The highest BCUT2D eigenvalue weighted by atomic mass is 16.5. The average molecular weight is 156 g/mol. The zero-order valence-electron chi connectivity index (χ0n) is 6.32. The van der Waals surface area contributed by atoms with Gasteiger partial charge in [-0.25, -0.2) is 4.79 Å². The summed E-state index contributed by atoms with van der Waals surface area (Å²) in [6.45, 7) is 0.825. The summed E-state index contributed by atoms with van der Waals surface area (Å²) in [6.07, 6.45) is 5.97. The van der Waals surface area contributed by atoms with Gasteiger partial charge in [0.25, 0.3) is 0 Å². The van der Waals surface area contributed by atoms with Crippen molar-refractivity contribution in [2.24, 2.45) is 0 Å². The maximum absolute atomic E-state index is 10.0. The van der Waals surface area contributed by atoms with Gasteiger partial charge in [0, 0.05) is 12.7 Å². The number of rotatable bonds is 3. The molecule has 0 amide bonds. The van der Waals surface area contributed by atoms with Crippen molar-refractivity contribution in [3.63, 3.8) is 0 Å². The van der Waals surface area contributed by atoms with Gasteiger partial charge in [-0.1, -0.05) is 6.08 Å². The largest absolute Gasteiger partial charge is 0.478 e. The Morgan fingerprint density at radius 3 is 3.09 bits per heavy atom. The second-order valence-electron chi connectivity index (χ2n) is 2.61. The number of carbonyl (C=O) groups is 1. The van der Waals surface area contributed by atoms with Gasteiger partial charge < -0.3 is 9.84 Å². The smallest absolute Gasteiger partial charge is 0.327 e. The minimum absolute atomic E-state index is 0.255. The van der Waals surface area contributed by atoms with Crippen LogP contribution >= 0.6 is 0 Å². The number of aliphatic carboxylic acids is 1. The highest BCUT2D eigenvalue weighted by molar-refractivity contribution is 5.79. The van der Waals surface area contributed by atoms with Gasteiger partial charge in [0.05, 0.1) is 6.10 Å². The lowest BCUT2D eigenvalue weighted by Crippen LogP contribution is -2.02. The zero-order valence-corrected chi connectivity index (χ0v) is 6.32. The van der Waals surface area contributed by atoms with Gasteiger partial charge >= 0.3 is 5.97 Å². The summed E-state index contributed by atoms with van der Waals surface area (Å²) in [7, 11) is 0. The molecule has 0 bridgehead atoms. The van der Waals surface area contributed by atoms with Crippen LogP contribution in [0.15, 0.2) is 12.2 Å². The molecule has 0 radical (unpaired) electrons. The molecule has 0 aliphatic carbocycles. The molecular formula is C8H12O3. The number of ether oxygens (including phenoxy) is 1. The van der Waals surface area contributed by atoms with E-state index in [1.807, 2.05) is 0 Å². The first-order valence-corrected chi connectivity index (χ1v) is 3.80. The van der Waals surface area contributed by atoms with Gasteiger partial charge in [0.1, 0.15) is 0 Å². The van der Waals surface area contributed by atoms with Crippen LogP contribution in [0.1, 0.15) is 19.3 Å². The Labute approximate surface area is 65.7 Å². The van der Waals surface area contributed by atoms with E-state index in [-0.39, 0.29) is 6.10 Å². The number of hydrogen-bond acceptors (Lipinski definition) is 2. The Balaban J connectivity index is 2.15. The molecule has 1 aliphatic heterocycles. The molecule has 1 atom stereocenters. The van der Waals surface area contributed by atoms with Crippen molar-refractivity contribution >= 4 is 5.97 Å². The molecule has 1 aliphatic rings. The number of hydrogen-bond donors (Lipinski definition) is 1. The van der Waals surface area contributed by atoms with Crippen LogP contribution in [-0.4, -0.2) is 23.8 Å². The van der Waals surface area contributed by atoms with Crippen molar-refractivity contribution in [3.8, 4) is 0 Å². The molecule has 0 saturated carbocycles. The Morgan fingerprint density at radius 1 is 1.73 bits per heavy atom. The van der Waals surface area contributed by atoms with Crippen molar-refractivity contribution < 1.29 is 14.6 Å². The van der Waals surface area contributed by atoms with Crippen molar-refractivity contribution in [3.05, 3.63) is 12.2 Å². The van der Waals surface area contributed by atoms with E-state index >= 15 is 0 Å². The number of carboxylic acid groups (broad SMARTS) is 1. The van der Waals surface area contributed by atoms with E-state index in [1.165, 1.54) is 6.08 Å². The first-order valence-electron chi connectivity index (χ1n) is 3.80. The molecule has 1 heterocycles. The van der Waals surface area contributed by atoms with E-state index in [9.17, 15) is 4.79 Å². The molecule has 0 aromatic rings. The summed E-state index contributed by atoms with van der Waals surface area (Å²) in [5.41, 5.74) is 0. The second kappa shape index (κ2) is 4.13. The van der Waals surface area contributed by atoms with E-state index in [1.54, 1.807) is 6.08 Å². The van der Waals surface area contributed by atoms with E-state index in [2.05, 4.69) is 0 Å². The fourth-order valence-corrected chi connectivity index (χ4v) is 1.15. The summed E-state index contributed by atoms with van der Waals surface area (Å²) in [5.74, 6) is -0.886. The SMILES string of the molecule is O=C(O)/C=C\CC1CCCO1. The molecule has 3 heteroatoms. The predicted molar refractivity (Wildman–Crippen MR) is 40.4 cm³/mol. The van der Waals surface area contributed by atoms with Crippen LogP contribution in [0.3, 0.4) is 0 Å². The maximum atomic E-state index is 10.0. The predicted octanol–water partition coefficient (Wildman–Crippen LogP) is 1.20. The maximum Gasteiger partial charge on any atom is 0.327 e. The van der Waals surface area contributed by atoms with E-state index in [4.69, 9.17) is 9.84 Å². The van der Waals surface area contributed by atoms with Gasteiger partial charge in [-0.3, -0.25) is 0 Å². The molecule has 0 aromatic carbocycles. The summed E-state index contributed by atoms with van der Waals surface area (Å²) < 4.78 is 5.29. The molecule has 0 spiro atoms. The fourth-order valence-electron chi connectivity index (χ4n) is 1.15. The summed E-state index contributed by atoms with van der Waals surface area (Å²) in [4.78, 5) is 10.0. The molecular weight excluding hydrogens is 144 g/mol. The molecule has 1 fully saturated rings. The van der Waals surface area contributed by atoms with Crippen molar-refractivity contribution in [2.45, 2.75) is 25.4 Å². The van der Waals surface area contributed by atoms with E-state index in [0.717, 1.165) is 25.9 Å². The van der Waals surface area contributed by atoms with Crippen LogP contribution in [0.25, 0.3) is 0 Å². The lowest BCUT2D eigenvalue weighted by atomic mass is 10.2. The molecule has 62 valence electrons. The standard InChI is InChI=1S/C8H12O3/c9-8(10)5-1-3-7-4-2-6-11-7/h1,5,7H,2-4,6H2,(H,9,10)/b5-1-. The van der Waals surface area contributed by atoms with Crippen molar-refractivity contribution in [1.29, 1.82) is 0 Å². The monoisotopic (exact) mass is 156 g/mol. The highest BCUT2D eigenvalue weighted by Crippen LogP contribution is 2.15. The molecule has 1 unspecified atom stereocenters. The first-order chi connectivity index (χ1) is 5.29. The third kappa shape index (κ3) is 3.18. The second-order valence-corrected chi connectivity index (χ2v) is 2.61. The molecule has 11 heavy (non-hydrogen) atoms. The molecule has 1 saturated heterocycles. The lowest BCUT2D eigenvalue weighted by molar-refractivity contribution is -0.131. The van der Waals surface area contributed by atoms with Gasteiger partial charge in [-0.15, -0.1) is 0 Å². The summed E-state index contributed by atoms with van der Waals surface area (Å²) >= 11 is 0. The zero-order chi connectivity index (χ0) is 8.10. The van der Waals surface area contributed by atoms with Crippen LogP contribution in [-0.2, 0) is 9.53 Å². The van der Waals surface area contributed by atoms with E-state index in [0.29, 0.717) is 0 Å². The number of carboxylic acids is 1. The molecule has 1 N–H and O–H groups in total. The Hall–Kier alpha value is -0.830. The topological polar surface area (TPSA) is 46.5 Å². The van der Waals surface area contributed by atoms with Crippen LogP contribution < -0.4 is 0 Å². The van der Waals surface area contributed by atoms with Gasteiger partial charge in [0.2, 0.25) is 0 Å². The van der Waals surface area contributed by atoms with Crippen LogP contribution in [0.2, 0.25) is 0 Å².